The quantitative estimate of drug-likeness (QED) is 0.650. The van der Waals surface area contributed by atoms with Gasteiger partial charge in [-0.2, -0.15) is 0 Å². The van der Waals surface area contributed by atoms with E-state index in [-0.39, 0.29) is 24.3 Å². The molecule has 0 spiro atoms. The molecule has 0 bridgehead atoms. The molecule has 1 fully saturated rings. The Balaban J connectivity index is 0.00000144. The zero-order valence-corrected chi connectivity index (χ0v) is 9.23. The first kappa shape index (κ1) is 12.8. The largest absolute Gasteiger partial charge is 0.469 e. The van der Waals surface area contributed by atoms with Crippen molar-refractivity contribution in [2.45, 2.75) is 39.0 Å². The number of halogens is 1. The van der Waals surface area contributed by atoms with Crippen LogP contribution in [0, 0.1) is 11.8 Å². The molecule has 0 aliphatic heterocycles. The number of esters is 1. The highest BCUT2D eigenvalue weighted by Gasteiger charge is 2.29. The SMILES string of the molecule is CCC1CCCCC1C(=O)OC.Cl. The van der Waals surface area contributed by atoms with E-state index in [4.69, 9.17) is 4.74 Å². The van der Waals surface area contributed by atoms with Crippen LogP contribution in [-0.4, -0.2) is 13.1 Å². The van der Waals surface area contributed by atoms with E-state index in [0.29, 0.717) is 5.92 Å². The number of rotatable bonds is 2. The average Bonchev–Trinajstić information content (AvgIpc) is 2.16. The molecule has 1 rings (SSSR count). The third-order valence-electron chi connectivity index (χ3n) is 2.94. The van der Waals surface area contributed by atoms with Crippen molar-refractivity contribution in [2.24, 2.45) is 11.8 Å². The monoisotopic (exact) mass is 206 g/mol. The Morgan fingerprint density at radius 2 is 2.00 bits per heavy atom. The van der Waals surface area contributed by atoms with Gasteiger partial charge in [-0.05, 0) is 18.8 Å². The van der Waals surface area contributed by atoms with E-state index < -0.39 is 0 Å². The normalized spacial score (nSPS) is 27.5. The molecule has 0 aromatic heterocycles. The van der Waals surface area contributed by atoms with E-state index >= 15 is 0 Å². The van der Waals surface area contributed by atoms with Gasteiger partial charge in [0.2, 0.25) is 0 Å². The van der Waals surface area contributed by atoms with Crippen LogP contribution in [0.5, 0.6) is 0 Å². The van der Waals surface area contributed by atoms with E-state index in [9.17, 15) is 4.79 Å². The Kier molecular flexibility index (Phi) is 6.13. The molecule has 1 aliphatic rings. The minimum Gasteiger partial charge on any atom is -0.469 e. The lowest BCUT2D eigenvalue weighted by Gasteiger charge is -2.28. The van der Waals surface area contributed by atoms with Crippen LogP contribution in [0.15, 0.2) is 0 Å². The summed E-state index contributed by atoms with van der Waals surface area (Å²) in [6.07, 6.45) is 5.82. The van der Waals surface area contributed by atoms with Crippen LogP contribution in [0.4, 0.5) is 0 Å². The predicted octanol–water partition coefficient (Wildman–Crippen LogP) is 2.80. The maximum absolute atomic E-state index is 11.3. The molecule has 0 radical (unpaired) electrons. The minimum absolute atomic E-state index is 0. The fraction of sp³-hybridized carbons (Fsp3) is 0.900. The molecule has 0 amide bonds. The van der Waals surface area contributed by atoms with Gasteiger partial charge in [0.25, 0.3) is 0 Å². The molecule has 0 saturated heterocycles. The van der Waals surface area contributed by atoms with Gasteiger partial charge in [0, 0.05) is 0 Å². The Morgan fingerprint density at radius 3 is 2.54 bits per heavy atom. The van der Waals surface area contributed by atoms with Crippen LogP contribution in [0.1, 0.15) is 39.0 Å². The molecule has 1 saturated carbocycles. The van der Waals surface area contributed by atoms with Gasteiger partial charge in [-0.1, -0.05) is 26.2 Å². The van der Waals surface area contributed by atoms with Gasteiger partial charge in [0.1, 0.15) is 0 Å². The first-order valence-corrected chi connectivity index (χ1v) is 4.87. The predicted molar refractivity (Wildman–Crippen MR) is 55.0 cm³/mol. The number of hydrogen-bond acceptors (Lipinski definition) is 2. The second kappa shape index (κ2) is 6.25. The third-order valence-corrected chi connectivity index (χ3v) is 2.94. The fourth-order valence-corrected chi connectivity index (χ4v) is 2.16. The van der Waals surface area contributed by atoms with Crippen LogP contribution in [-0.2, 0) is 9.53 Å². The maximum atomic E-state index is 11.3. The fourth-order valence-electron chi connectivity index (χ4n) is 2.16. The summed E-state index contributed by atoms with van der Waals surface area (Å²) in [7, 11) is 1.49. The number of methoxy groups -OCH3 is 1. The molecular formula is C10H19ClO2. The van der Waals surface area contributed by atoms with Crippen molar-refractivity contribution in [1.29, 1.82) is 0 Å². The highest BCUT2D eigenvalue weighted by Crippen LogP contribution is 2.32. The molecule has 2 atom stereocenters. The van der Waals surface area contributed by atoms with E-state index in [1.807, 2.05) is 0 Å². The van der Waals surface area contributed by atoms with Gasteiger partial charge < -0.3 is 4.74 Å². The van der Waals surface area contributed by atoms with Crippen molar-refractivity contribution in [2.75, 3.05) is 7.11 Å². The minimum atomic E-state index is 0. The Hall–Kier alpha value is -0.240. The second-order valence-electron chi connectivity index (χ2n) is 3.58. The van der Waals surface area contributed by atoms with E-state index in [0.717, 1.165) is 12.8 Å². The van der Waals surface area contributed by atoms with Gasteiger partial charge >= 0.3 is 5.97 Å². The lowest BCUT2D eigenvalue weighted by molar-refractivity contribution is -0.148. The topological polar surface area (TPSA) is 26.3 Å². The lowest BCUT2D eigenvalue weighted by Crippen LogP contribution is -2.27. The molecule has 2 unspecified atom stereocenters. The molecule has 1 aliphatic carbocycles. The zero-order chi connectivity index (χ0) is 8.97. The van der Waals surface area contributed by atoms with Gasteiger partial charge in [-0.3, -0.25) is 4.79 Å². The van der Waals surface area contributed by atoms with Crippen LogP contribution >= 0.6 is 12.4 Å². The molecule has 3 heteroatoms. The van der Waals surface area contributed by atoms with Gasteiger partial charge in [0.15, 0.2) is 0 Å². The summed E-state index contributed by atoms with van der Waals surface area (Å²) in [6, 6.07) is 0. The zero-order valence-electron chi connectivity index (χ0n) is 8.41. The maximum Gasteiger partial charge on any atom is 0.308 e. The van der Waals surface area contributed by atoms with Crippen LogP contribution in [0.25, 0.3) is 0 Å². The molecule has 0 aromatic carbocycles. The van der Waals surface area contributed by atoms with Crippen LogP contribution in [0.3, 0.4) is 0 Å². The third kappa shape index (κ3) is 3.18. The van der Waals surface area contributed by atoms with Gasteiger partial charge in [-0.25, -0.2) is 0 Å². The summed E-state index contributed by atoms with van der Waals surface area (Å²) in [4.78, 5) is 11.3. The van der Waals surface area contributed by atoms with Crippen molar-refractivity contribution in [3.8, 4) is 0 Å². The first-order valence-electron chi connectivity index (χ1n) is 4.87. The summed E-state index contributed by atoms with van der Waals surface area (Å²) in [5.41, 5.74) is 0. The van der Waals surface area contributed by atoms with Crippen molar-refractivity contribution >= 4 is 18.4 Å². The highest BCUT2D eigenvalue weighted by atomic mass is 35.5. The van der Waals surface area contributed by atoms with Crippen LogP contribution < -0.4 is 0 Å². The molecule has 13 heavy (non-hydrogen) atoms. The molecule has 78 valence electrons. The summed E-state index contributed by atoms with van der Waals surface area (Å²) >= 11 is 0. The van der Waals surface area contributed by atoms with Crippen molar-refractivity contribution < 1.29 is 9.53 Å². The second-order valence-corrected chi connectivity index (χ2v) is 3.58. The summed E-state index contributed by atoms with van der Waals surface area (Å²) in [6.45, 7) is 2.16. The molecule has 0 N–H and O–H groups in total. The van der Waals surface area contributed by atoms with Crippen LogP contribution in [0.2, 0.25) is 0 Å². The Morgan fingerprint density at radius 1 is 1.38 bits per heavy atom. The Labute approximate surface area is 86.4 Å². The van der Waals surface area contributed by atoms with Gasteiger partial charge in [-0.15, -0.1) is 12.4 Å². The lowest BCUT2D eigenvalue weighted by atomic mass is 9.78. The van der Waals surface area contributed by atoms with Crippen molar-refractivity contribution in [3.05, 3.63) is 0 Å². The van der Waals surface area contributed by atoms with E-state index in [1.165, 1.54) is 26.4 Å². The first-order chi connectivity index (χ1) is 5.79. The summed E-state index contributed by atoms with van der Waals surface area (Å²) < 4.78 is 4.78. The van der Waals surface area contributed by atoms with E-state index in [1.54, 1.807) is 0 Å². The van der Waals surface area contributed by atoms with Gasteiger partial charge in [0.05, 0.1) is 13.0 Å². The number of ether oxygens (including phenoxy) is 1. The average molecular weight is 207 g/mol. The van der Waals surface area contributed by atoms with Crippen molar-refractivity contribution in [3.63, 3.8) is 0 Å². The molecule has 0 heterocycles. The Bertz CT molecular complexity index is 159. The van der Waals surface area contributed by atoms with E-state index in [2.05, 4.69) is 6.92 Å². The highest BCUT2D eigenvalue weighted by molar-refractivity contribution is 5.85. The van der Waals surface area contributed by atoms with Crippen molar-refractivity contribution in [1.82, 2.24) is 0 Å². The standard InChI is InChI=1S/C10H18O2.ClH/c1-3-8-6-4-5-7-9(8)10(11)12-2;/h8-9H,3-7H2,1-2H3;1H. The number of carbonyl (C=O) groups excluding carboxylic acids is 1. The smallest absolute Gasteiger partial charge is 0.308 e. The molecular weight excluding hydrogens is 188 g/mol. The molecule has 0 aromatic rings. The number of hydrogen-bond donors (Lipinski definition) is 0. The summed E-state index contributed by atoms with van der Waals surface area (Å²) in [5, 5.41) is 0. The number of carbonyl (C=O) groups is 1. The summed E-state index contributed by atoms with van der Waals surface area (Å²) in [5.74, 6) is 0.765. The molecule has 2 nitrogen and oxygen atoms in total.